The van der Waals surface area contributed by atoms with E-state index in [4.69, 9.17) is 9.26 Å². The molecule has 6 rings (SSSR count). The van der Waals surface area contributed by atoms with Gasteiger partial charge in [0.15, 0.2) is 11.4 Å². The minimum absolute atomic E-state index is 0.662. The van der Waals surface area contributed by atoms with E-state index in [1.54, 1.807) is 6.20 Å². The third-order valence-corrected chi connectivity index (χ3v) is 6.50. The van der Waals surface area contributed by atoms with E-state index >= 15 is 0 Å². The average molecular weight is 441 g/mol. The summed E-state index contributed by atoms with van der Waals surface area (Å²) >= 11 is 1.53. The minimum atomic E-state index is 0.662. The summed E-state index contributed by atoms with van der Waals surface area (Å²) in [6, 6.07) is 22.7. The Morgan fingerprint density at radius 2 is 1.91 bits per heavy atom. The van der Waals surface area contributed by atoms with Crippen molar-refractivity contribution in [1.29, 1.82) is 0 Å². The molecule has 7 heteroatoms. The van der Waals surface area contributed by atoms with E-state index in [9.17, 15) is 0 Å². The van der Waals surface area contributed by atoms with Crippen LogP contribution in [0.4, 0.5) is 5.82 Å². The molecule has 5 aromatic rings. The lowest BCUT2D eigenvalue weighted by molar-refractivity contribution is 0.360. The Bertz CT molecular complexity index is 1380. The van der Waals surface area contributed by atoms with Crippen LogP contribution in [0, 0.1) is 0 Å². The number of hydrogen-bond acceptors (Lipinski definition) is 6. The summed E-state index contributed by atoms with van der Waals surface area (Å²) in [6.45, 7) is 1.34. The molecule has 158 valence electrons. The van der Waals surface area contributed by atoms with Crippen LogP contribution in [0.5, 0.6) is 5.75 Å². The Balaban J connectivity index is 1.33. The quantitative estimate of drug-likeness (QED) is 0.337. The number of ether oxygens (including phenoxy) is 1. The van der Waals surface area contributed by atoms with Crippen molar-refractivity contribution in [3.8, 4) is 16.9 Å². The summed E-state index contributed by atoms with van der Waals surface area (Å²) in [7, 11) is 0. The summed E-state index contributed by atoms with van der Waals surface area (Å²) in [4.78, 5) is 1.11. The van der Waals surface area contributed by atoms with Crippen molar-refractivity contribution < 1.29 is 9.26 Å². The first-order valence-corrected chi connectivity index (χ1v) is 11.3. The van der Waals surface area contributed by atoms with Crippen molar-refractivity contribution in [3.05, 3.63) is 90.3 Å². The molecule has 0 radical (unpaired) electrons. The van der Waals surface area contributed by atoms with Crippen LogP contribution in [0.15, 0.2) is 88.5 Å². The lowest BCUT2D eigenvalue weighted by Crippen LogP contribution is -2.02. The number of benzene rings is 3. The molecule has 0 saturated heterocycles. The molecule has 0 saturated carbocycles. The van der Waals surface area contributed by atoms with E-state index in [-0.39, 0.29) is 0 Å². The van der Waals surface area contributed by atoms with Gasteiger partial charge < -0.3 is 14.0 Å². The molecule has 0 fully saturated rings. The number of hydrogen-bond donors (Lipinski definition) is 1. The molecule has 3 aromatic carbocycles. The molecule has 1 N–H and O–H groups in total. The van der Waals surface area contributed by atoms with E-state index < -0.39 is 0 Å². The van der Waals surface area contributed by atoms with Gasteiger partial charge in [-0.2, -0.15) is 5.10 Å². The van der Waals surface area contributed by atoms with Crippen LogP contribution in [-0.2, 0) is 13.0 Å². The van der Waals surface area contributed by atoms with E-state index in [0.29, 0.717) is 24.6 Å². The van der Waals surface area contributed by atoms with Crippen molar-refractivity contribution in [3.63, 3.8) is 0 Å². The van der Waals surface area contributed by atoms with Crippen LogP contribution in [0.2, 0.25) is 0 Å². The molecule has 0 aliphatic carbocycles. The first kappa shape index (κ1) is 19.0. The average Bonchev–Trinajstić information content (AvgIpc) is 3.59. The zero-order valence-electron chi connectivity index (χ0n) is 17.2. The number of rotatable bonds is 6. The van der Waals surface area contributed by atoms with Gasteiger partial charge in [-0.05, 0) is 46.8 Å². The van der Waals surface area contributed by atoms with Gasteiger partial charge in [0, 0.05) is 29.3 Å². The zero-order valence-corrected chi connectivity index (χ0v) is 18.0. The monoisotopic (exact) mass is 440 g/mol. The molecule has 0 bridgehead atoms. The first-order valence-electron chi connectivity index (χ1n) is 10.5. The predicted molar refractivity (Wildman–Crippen MR) is 126 cm³/mol. The summed E-state index contributed by atoms with van der Waals surface area (Å²) in [6.07, 6.45) is 4.62. The Hall–Kier alpha value is -3.71. The van der Waals surface area contributed by atoms with Crippen molar-refractivity contribution in [2.24, 2.45) is 0 Å². The summed E-state index contributed by atoms with van der Waals surface area (Å²) in [5.74, 6) is 1.54. The second-order valence-corrected chi connectivity index (χ2v) is 8.46. The van der Waals surface area contributed by atoms with Gasteiger partial charge in [-0.15, -0.1) is 0 Å². The molecular formula is C25H20N4O2S. The maximum Gasteiger partial charge on any atom is 0.191 e. The second kappa shape index (κ2) is 8.09. The standard InChI is InChI=1S/C25H20N4O2S/c1-2-7-17(8-3-1)19-9-4-5-10-22(19)32-28-25-23-21(31-27-25)15-18(16-29-13-6-12-26-29)20-11-14-30-24(20)23/h1-10,12-13,15H,11,14,16H2,(H,27,28). The first-order chi connectivity index (χ1) is 15.9. The van der Waals surface area contributed by atoms with Crippen LogP contribution < -0.4 is 9.46 Å². The van der Waals surface area contributed by atoms with Crippen LogP contribution in [0.3, 0.4) is 0 Å². The number of fused-ring (bicyclic) bond motifs is 3. The predicted octanol–water partition coefficient (Wildman–Crippen LogP) is 5.79. The Morgan fingerprint density at radius 1 is 1.03 bits per heavy atom. The normalized spacial score (nSPS) is 12.6. The van der Waals surface area contributed by atoms with Crippen LogP contribution >= 0.6 is 11.9 Å². The van der Waals surface area contributed by atoms with Crippen LogP contribution in [0.1, 0.15) is 11.1 Å². The van der Waals surface area contributed by atoms with Crippen molar-refractivity contribution in [2.75, 3.05) is 11.3 Å². The smallest absolute Gasteiger partial charge is 0.191 e. The maximum atomic E-state index is 6.04. The molecule has 32 heavy (non-hydrogen) atoms. The van der Waals surface area contributed by atoms with Gasteiger partial charge in [0.2, 0.25) is 0 Å². The fraction of sp³-hybridized carbons (Fsp3) is 0.120. The van der Waals surface area contributed by atoms with E-state index in [0.717, 1.165) is 28.0 Å². The number of anilines is 1. The third-order valence-electron chi connectivity index (χ3n) is 5.63. The molecule has 6 nitrogen and oxygen atoms in total. The van der Waals surface area contributed by atoms with Crippen molar-refractivity contribution in [1.82, 2.24) is 14.9 Å². The van der Waals surface area contributed by atoms with Crippen molar-refractivity contribution in [2.45, 2.75) is 17.9 Å². The highest BCUT2D eigenvalue weighted by atomic mass is 32.2. The highest BCUT2D eigenvalue weighted by molar-refractivity contribution is 8.00. The zero-order chi connectivity index (χ0) is 21.3. The molecule has 3 heterocycles. The summed E-state index contributed by atoms with van der Waals surface area (Å²) in [5, 5.41) is 9.55. The topological polar surface area (TPSA) is 65.1 Å². The fourth-order valence-electron chi connectivity index (χ4n) is 4.15. The molecular weight excluding hydrogens is 420 g/mol. The van der Waals surface area contributed by atoms with E-state index in [2.05, 4.69) is 63.5 Å². The number of aromatic nitrogens is 3. The minimum Gasteiger partial charge on any atom is -0.492 e. The highest BCUT2D eigenvalue weighted by Gasteiger charge is 2.25. The van der Waals surface area contributed by atoms with Crippen molar-refractivity contribution >= 4 is 28.7 Å². The van der Waals surface area contributed by atoms with Gasteiger partial charge in [-0.25, -0.2) is 0 Å². The molecule has 1 aliphatic heterocycles. The molecule has 0 amide bonds. The lowest BCUT2D eigenvalue weighted by Gasteiger charge is -2.11. The SMILES string of the molecule is c1ccc(-c2ccccc2SNc2noc3cc(Cn4cccn4)c4c(c23)OCC4)cc1. The number of nitrogens with one attached hydrogen (secondary N) is 1. The van der Waals surface area contributed by atoms with Gasteiger partial charge in [0.1, 0.15) is 11.1 Å². The third kappa shape index (κ3) is 3.40. The number of nitrogens with zero attached hydrogens (tertiary/aromatic N) is 3. The molecule has 2 aromatic heterocycles. The van der Waals surface area contributed by atoms with Gasteiger partial charge >= 0.3 is 0 Å². The van der Waals surface area contributed by atoms with Gasteiger partial charge in [0.05, 0.1) is 13.2 Å². The second-order valence-electron chi connectivity index (χ2n) is 7.62. The van der Waals surface area contributed by atoms with E-state index in [1.165, 1.54) is 28.6 Å². The van der Waals surface area contributed by atoms with Gasteiger partial charge in [-0.3, -0.25) is 4.68 Å². The van der Waals surface area contributed by atoms with E-state index in [1.807, 2.05) is 29.1 Å². The molecule has 1 aliphatic rings. The highest BCUT2D eigenvalue weighted by Crippen LogP contribution is 2.42. The lowest BCUT2D eigenvalue weighted by atomic mass is 10.0. The fourth-order valence-corrected chi connectivity index (χ4v) is 4.93. The Kier molecular flexibility index (Phi) is 4.81. The van der Waals surface area contributed by atoms with Gasteiger partial charge in [0.25, 0.3) is 0 Å². The van der Waals surface area contributed by atoms with Gasteiger partial charge in [-0.1, -0.05) is 53.7 Å². The largest absolute Gasteiger partial charge is 0.492 e. The van der Waals surface area contributed by atoms with Crippen LogP contribution in [0.25, 0.3) is 22.1 Å². The summed E-state index contributed by atoms with van der Waals surface area (Å²) in [5.41, 5.74) is 5.41. The Morgan fingerprint density at radius 3 is 2.78 bits per heavy atom. The van der Waals surface area contributed by atoms with Crippen LogP contribution in [-0.4, -0.2) is 21.5 Å². The maximum absolute atomic E-state index is 6.04. The Labute approximate surface area is 189 Å². The molecule has 0 atom stereocenters. The summed E-state index contributed by atoms with van der Waals surface area (Å²) < 4.78 is 17.1. The molecule has 0 unspecified atom stereocenters. The molecule has 0 spiro atoms.